The van der Waals surface area contributed by atoms with E-state index < -0.39 is 0 Å². The summed E-state index contributed by atoms with van der Waals surface area (Å²) < 4.78 is 4.93. The van der Waals surface area contributed by atoms with Crippen molar-refractivity contribution in [1.29, 1.82) is 0 Å². The lowest BCUT2D eigenvalue weighted by Gasteiger charge is -2.27. The van der Waals surface area contributed by atoms with Crippen molar-refractivity contribution in [3.63, 3.8) is 0 Å². The fourth-order valence-electron chi connectivity index (χ4n) is 3.00. The molecule has 1 amide bonds. The summed E-state index contributed by atoms with van der Waals surface area (Å²) in [5.74, 6) is 1.52. The molecule has 0 radical (unpaired) electrons. The highest BCUT2D eigenvalue weighted by Gasteiger charge is 2.14. The Morgan fingerprint density at radius 3 is 2.68 bits per heavy atom. The molecule has 0 saturated carbocycles. The maximum Gasteiger partial charge on any atom is 0.251 e. The number of thioether (sulfide) groups is 1. The van der Waals surface area contributed by atoms with Crippen LogP contribution in [-0.2, 0) is 10.5 Å². The summed E-state index contributed by atoms with van der Waals surface area (Å²) in [5.41, 5.74) is 1.73. The number of nitrogens with zero attached hydrogens (tertiary/aromatic N) is 3. The molecule has 1 N–H and O–H groups in total. The number of ether oxygens (including phenoxy) is 1. The topological polar surface area (TPSA) is 67.3 Å². The van der Waals surface area contributed by atoms with Gasteiger partial charge in [0.25, 0.3) is 5.91 Å². The van der Waals surface area contributed by atoms with Gasteiger partial charge >= 0.3 is 0 Å². The van der Waals surface area contributed by atoms with Gasteiger partial charge in [-0.2, -0.15) is 0 Å². The highest BCUT2D eigenvalue weighted by Crippen LogP contribution is 2.26. The van der Waals surface area contributed by atoms with Crippen LogP contribution >= 0.6 is 23.4 Å². The molecule has 0 unspecified atom stereocenters. The van der Waals surface area contributed by atoms with Crippen LogP contribution in [0.4, 0.5) is 5.82 Å². The molecule has 0 aliphatic carbocycles. The van der Waals surface area contributed by atoms with Gasteiger partial charge < -0.3 is 15.0 Å². The maximum atomic E-state index is 12.0. The number of anilines is 1. The highest BCUT2D eigenvalue weighted by atomic mass is 35.5. The van der Waals surface area contributed by atoms with Crippen molar-refractivity contribution < 1.29 is 9.53 Å². The second kappa shape index (κ2) is 10.6. The number of carbonyl (C=O) groups is 1. The van der Waals surface area contributed by atoms with Crippen LogP contribution in [0.2, 0.25) is 5.15 Å². The molecule has 1 aliphatic heterocycles. The number of hydrogen-bond acceptors (Lipinski definition) is 6. The lowest BCUT2D eigenvalue weighted by molar-refractivity contribution is 0.0937. The predicted molar refractivity (Wildman–Crippen MR) is 113 cm³/mol. The zero-order valence-electron chi connectivity index (χ0n) is 16.0. The SMILES string of the molecule is COCCNC(=O)c1ccc(CSc2nc(Cl)cc(N3CCCCC3)n2)cc1. The lowest BCUT2D eigenvalue weighted by Crippen LogP contribution is -2.30. The normalized spacial score (nSPS) is 14.1. The number of benzene rings is 1. The largest absolute Gasteiger partial charge is 0.383 e. The first-order chi connectivity index (χ1) is 13.7. The highest BCUT2D eigenvalue weighted by molar-refractivity contribution is 7.98. The van der Waals surface area contributed by atoms with Gasteiger partial charge in [0.15, 0.2) is 5.16 Å². The van der Waals surface area contributed by atoms with E-state index in [1.165, 1.54) is 19.3 Å². The Balaban J connectivity index is 1.57. The fourth-order valence-corrected chi connectivity index (χ4v) is 4.04. The zero-order valence-corrected chi connectivity index (χ0v) is 17.6. The van der Waals surface area contributed by atoms with E-state index in [-0.39, 0.29) is 5.91 Å². The van der Waals surface area contributed by atoms with Crippen molar-refractivity contribution in [1.82, 2.24) is 15.3 Å². The molecule has 0 bridgehead atoms. The Morgan fingerprint density at radius 2 is 1.96 bits per heavy atom. The Kier molecular flexibility index (Phi) is 7.94. The number of methoxy groups -OCH3 is 1. The summed E-state index contributed by atoms with van der Waals surface area (Å²) in [7, 11) is 1.61. The number of halogens is 1. The van der Waals surface area contributed by atoms with Crippen LogP contribution in [0.1, 0.15) is 35.2 Å². The minimum Gasteiger partial charge on any atom is -0.383 e. The Hall–Kier alpha value is -1.83. The van der Waals surface area contributed by atoms with E-state index in [2.05, 4.69) is 20.2 Å². The van der Waals surface area contributed by atoms with Crippen LogP contribution in [0.25, 0.3) is 0 Å². The summed E-state index contributed by atoms with van der Waals surface area (Å²) >= 11 is 7.76. The maximum absolute atomic E-state index is 12.0. The van der Waals surface area contributed by atoms with Crippen LogP contribution in [0.3, 0.4) is 0 Å². The quantitative estimate of drug-likeness (QED) is 0.303. The van der Waals surface area contributed by atoms with Gasteiger partial charge in [0.1, 0.15) is 11.0 Å². The summed E-state index contributed by atoms with van der Waals surface area (Å²) in [5, 5.41) is 3.96. The summed E-state index contributed by atoms with van der Waals surface area (Å²) in [4.78, 5) is 23.3. The third kappa shape index (κ3) is 6.09. The Labute approximate surface area is 175 Å². The van der Waals surface area contributed by atoms with Crippen molar-refractivity contribution in [2.24, 2.45) is 0 Å². The van der Waals surface area contributed by atoms with Gasteiger partial charge in [-0.3, -0.25) is 4.79 Å². The molecular weight excluding hydrogens is 396 g/mol. The molecule has 3 rings (SSSR count). The number of carbonyl (C=O) groups excluding carboxylic acids is 1. The minimum atomic E-state index is -0.0967. The smallest absolute Gasteiger partial charge is 0.251 e. The molecule has 0 spiro atoms. The molecule has 1 saturated heterocycles. The lowest BCUT2D eigenvalue weighted by atomic mass is 10.1. The molecule has 6 nitrogen and oxygen atoms in total. The predicted octanol–water partition coefficient (Wildman–Crippen LogP) is 3.79. The molecule has 150 valence electrons. The molecule has 1 aromatic carbocycles. The van der Waals surface area contributed by atoms with E-state index in [4.69, 9.17) is 16.3 Å². The minimum absolute atomic E-state index is 0.0967. The van der Waals surface area contributed by atoms with Gasteiger partial charge in [-0.15, -0.1) is 0 Å². The number of piperidine rings is 1. The van der Waals surface area contributed by atoms with Gasteiger partial charge in [-0.05, 0) is 37.0 Å². The van der Waals surface area contributed by atoms with Crippen molar-refractivity contribution in [2.45, 2.75) is 30.2 Å². The molecule has 1 aliphatic rings. The van der Waals surface area contributed by atoms with Crippen LogP contribution < -0.4 is 10.2 Å². The molecular formula is C20H25ClN4O2S. The standard InChI is InChI=1S/C20H25ClN4O2S/c1-27-12-9-22-19(26)16-7-5-15(6-8-16)14-28-20-23-17(21)13-18(24-20)25-10-3-2-4-11-25/h5-8,13H,2-4,9-12,14H2,1H3,(H,22,26). The average molecular weight is 421 g/mol. The molecule has 2 aromatic rings. The van der Waals surface area contributed by atoms with Crippen LogP contribution in [0.5, 0.6) is 0 Å². The number of nitrogens with one attached hydrogen (secondary N) is 1. The Morgan fingerprint density at radius 1 is 1.21 bits per heavy atom. The summed E-state index contributed by atoms with van der Waals surface area (Å²) in [6.07, 6.45) is 3.66. The van der Waals surface area contributed by atoms with E-state index >= 15 is 0 Å². The first-order valence-electron chi connectivity index (χ1n) is 9.44. The summed E-state index contributed by atoms with van der Waals surface area (Å²) in [6.45, 7) is 3.04. The number of rotatable bonds is 8. The first kappa shape index (κ1) is 20.9. The van der Waals surface area contributed by atoms with Crippen molar-refractivity contribution in [3.8, 4) is 0 Å². The third-order valence-corrected chi connectivity index (χ3v) is 5.63. The van der Waals surface area contributed by atoms with Gasteiger partial charge in [-0.25, -0.2) is 9.97 Å². The second-order valence-electron chi connectivity index (χ2n) is 6.61. The van der Waals surface area contributed by atoms with E-state index in [9.17, 15) is 4.79 Å². The van der Waals surface area contributed by atoms with Crippen molar-refractivity contribution in [3.05, 3.63) is 46.6 Å². The molecule has 1 fully saturated rings. The van der Waals surface area contributed by atoms with Crippen molar-refractivity contribution >= 4 is 35.1 Å². The monoisotopic (exact) mass is 420 g/mol. The van der Waals surface area contributed by atoms with Gasteiger partial charge in [-0.1, -0.05) is 35.5 Å². The number of hydrogen-bond donors (Lipinski definition) is 1. The van der Waals surface area contributed by atoms with E-state index in [0.717, 1.165) is 24.5 Å². The van der Waals surface area contributed by atoms with Crippen LogP contribution in [0, 0.1) is 0 Å². The number of aromatic nitrogens is 2. The van der Waals surface area contributed by atoms with E-state index in [0.29, 0.717) is 34.8 Å². The number of amides is 1. The Bertz CT molecular complexity index is 782. The van der Waals surface area contributed by atoms with Gasteiger partial charge in [0, 0.05) is 44.1 Å². The molecule has 28 heavy (non-hydrogen) atoms. The van der Waals surface area contributed by atoms with Gasteiger partial charge in [0.05, 0.1) is 6.61 Å². The van der Waals surface area contributed by atoms with Crippen LogP contribution in [0.15, 0.2) is 35.5 Å². The molecule has 2 heterocycles. The first-order valence-corrected chi connectivity index (χ1v) is 10.8. The van der Waals surface area contributed by atoms with E-state index in [1.807, 2.05) is 30.3 Å². The zero-order chi connectivity index (χ0) is 19.8. The summed E-state index contributed by atoms with van der Waals surface area (Å²) in [6, 6.07) is 9.41. The second-order valence-corrected chi connectivity index (χ2v) is 7.94. The molecule has 1 aromatic heterocycles. The molecule has 0 atom stereocenters. The fraction of sp³-hybridized carbons (Fsp3) is 0.450. The van der Waals surface area contributed by atoms with Crippen LogP contribution in [-0.4, -0.2) is 49.2 Å². The van der Waals surface area contributed by atoms with Crippen molar-refractivity contribution in [2.75, 3.05) is 38.3 Å². The molecule has 8 heteroatoms. The van der Waals surface area contributed by atoms with Gasteiger partial charge in [0.2, 0.25) is 0 Å². The average Bonchev–Trinajstić information content (AvgIpc) is 2.73. The third-order valence-electron chi connectivity index (χ3n) is 4.52. The van der Waals surface area contributed by atoms with E-state index in [1.54, 1.807) is 18.9 Å².